The number of hydrogen-bond donors (Lipinski definition) is 5. The topological polar surface area (TPSA) is 137 Å². The van der Waals surface area contributed by atoms with Crippen LogP contribution in [0.1, 0.15) is 5.56 Å². The Balaban J connectivity index is 2.19. The van der Waals surface area contributed by atoms with Gasteiger partial charge in [-0.15, -0.1) is 0 Å². The molecule has 0 aliphatic carbocycles. The lowest BCUT2D eigenvalue weighted by molar-refractivity contribution is -0.291. The fourth-order valence-corrected chi connectivity index (χ4v) is 2.14. The van der Waals surface area contributed by atoms with E-state index >= 15 is 0 Å². The molecule has 0 saturated carbocycles. The Labute approximate surface area is 131 Å². The first kappa shape index (κ1) is 17.4. The zero-order chi connectivity index (χ0) is 17.0. The van der Waals surface area contributed by atoms with Crippen LogP contribution < -0.4 is 0 Å². The molecule has 0 aromatic heterocycles. The van der Waals surface area contributed by atoms with E-state index in [2.05, 4.69) is 0 Å². The number of aliphatic hydroxyl groups excluding tert-OH is 4. The van der Waals surface area contributed by atoms with Crippen LogP contribution in [-0.2, 0) is 14.3 Å². The molecule has 0 bridgehead atoms. The molecule has 8 heteroatoms. The minimum Gasteiger partial charge on any atom is -0.475 e. The predicted octanol–water partition coefficient (Wildman–Crippen LogP) is -1.07. The van der Waals surface area contributed by atoms with E-state index in [1.807, 2.05) is 0 Å². The molecule has 1 fully saturated rings. The van der Waals surface area contributed by atoms with Gasteiger partial charge in [0.2, 0.25) is 12.0 Å². The summed E-state index contributed by atoms with van der Waals surface area (Å²) in [5, 5.41) is 47.5. The molecule has 5 atom stereocenters. The maximum absolute atomic E-state index is 11.3. The normalized spacial score (nSPS) is 31.7. The van der Waals surface area contributed by atoms with Crippen LogP contribution in [0.2, 0.25) is 0 Å². The van der Waals surface area contributed by atoms with Crippen LogP contribution in [0.15, 0.2) is 36.1 Å². The molecule has 1 aliphatic rings. The Morgan fingerprint density at radius 3 is 2.35 bits per heavy atom. The number of aliphatic hydroxyl groups is 4. The van der Waals surface area contributed by atoms with E-state index in [1.54, 1.807) is 30.3 Å². The standard InChI is InChI=1S/C15H18O8/c16-7-10-11(17)12(18)13(19)15(23-10)22-9(14(20)21)6-8-4-2-1-3-5-8/h1-6,10-13,15-19H,7H2,(H,20,21)/b9-6-/t10-,11-,12-,13-,15-/m1/s1. The minimum atomic E-state index is -1.67. The van der Waals surface area contributed by atoms with Gasteiger partial charge in [0.25, 0.3) is 0 Å². The number of aliphatic carboxylic acids is 1. The zero-order valence-electron chi connectivity index (χ0n) is 12.0. The van der Waals surface area contributed by atoms with E-state index in [-0.39, 0.29) is 0 Å². The lowest BCUT2D eigenvalue weighted by atomic mass is 9.99. The Hall–Kier alpha value is -1.97. The van der Waals surface area contributed by atoms with Crippen molar-refractivity contribution < 1.29 is 39.8 Å². The number of benzene rings is 1. The molecular weight excluding hydrogens is 308 g/mol. The largest absolute Gasteiger partial charge is 0.475 e. The van der Waals surface area contributed by atoms with Gasteiger partial charge in [-0.1, -0.05) is 30.3 Å². The fourth-order valence-electron chi connectivity index (χ4n) is 2.14. The van der Waals surface area contributed by atoms with Crippen molar-refractivity contribution in [3.05, 3.63) is 41.7 Å². The maximum Gasteiger partial charge on any atom is 0.371 e. The predicted molar refractivity (Wildman–Crippen MR) is 76.9 cm³/mol. The van der Waals surface area contributed by atoms with Crippen molar-refractivity contribution in [1.82, 2.24) is 0 Å². The van der Waals surface area contributed by atoms with Crippen molar-refractivity contribution in [1.29, 1.82) is 0 Å². The lowest BCUT2D eigenvalue weighted by Gasteiger charge is -2.39. The number of carbonyl (C=O) groups is 1. The SMILES string of the molecule is O=C(O)/C(=C/c1ccccc1)O[C@@H]1O[C@H](CO)[C@@H](O)[C@@H](O)[C@H]1O. The van der Waals surface area contributed by atoms with Crippen molar-refractivity contribution in [2.75, 3.05) is 6.61 Å². The number of carboxylic acid groups (broad SMARTS) is 1. The third-order valence-electron chi connectivity index (χ3n) is 3.40. The van der Waals surface area contributed by atoms with Gasteiger partial charge < -0.3 is 35.0 Å². The van der Waals surface area contributed by atoms with Crippen molar-refractivity contribution in [3.8, 4) is 0 Å². The average Bonchev–Trinajstić information content (AvgIpc) is 2.55. The number of carboxylic acids is 1. The number of rotatable bonds is 5. The van der Waals surface area contributed by atoms with E-state index in [4.69, 9.17) is 14.6 Å². The van der Waals surface area contributed by atoms with Gasteiger partial charge in [0.1, 0.15) is 24.4 Å². The highest BCUT2D eigenvalue weighted by Gasteiger charge is 2.45. The highest BCUT2D eigenvalue weighted by Crippen LogP contribution is 2.24. The Kier molecular flexibility index (Phi) is 5.69. The van der Waals surface area contributed by atoms with Gasteiger partial charge in [-0.2, -0.15) is 0 Å². The van der Waals surface area contributed by atoms with Gasteiger partial charge in [0.15, 0.2) is 0 Å². The molecule has 0 amide bonds. The van der Waals surface area contributed by atoms with Crippen LogP contribution in [0, 0.1) is 0 Å². The van der Waals surface area contributed by atoms with Crippen molar-refractivity contribution in [2.45, 2.75) is 30.7 Å². The first-order chi connectivity index (χ1) is 10.9. The minimum absolute atomic E-state index is 0.513. The summed E-state index contributed by atoms with van der Waals surface area (Å²) in [5.41, 5.74) is 0.550. The smallest absolute Gasteiger partial charge is 0.371 e. The van der Waals surface area contributed by atoms with Crippen LogP contribution in [-0.4, -0.2) is 68.8 Å². The second-order valence-electron chi connectivity index (χ2n) is 5.04. The maximum atomic E-state index is 11.3. The third-order valence-corrected chi connectivity index (χ3v) is 3.40. The molecule has 5 N–H and O–H groups in total. The highest BCUT2D eigenvalue weighted by atomic mass is 16.7. The molecular formula is C15H18O8. The third kappa shape index (κ3) is 4.06. The highest BCUT2D eigenvalue weighted by molar-refractivity contribution is 5.89. The molecule has 0 unspecified atom stereocenters. The van der Waals surface area contributed by atoms with Gasteiger partial charge >= 0.3 is 5.97 Å². The fraction of sp³-hybridized carbons (Fsp3) is 0.400. The summed E-state index contributed by atoms with van der Waals surface area (Å²) in [6.45, 7) is -0.629. The van der Waals surface area contributed by atoms with Crippen molar-refractivity contribution in [3.63, 3.8) is 0 Å². The first-order valence-corrected chi connectivity index (χ1v) is 6.91. The summed E-state index contributed by atoms with van der Waals surface area (Å²) < 4.78 is 10.2. The van der Waals surface area contributed by atoms with E-state index in [0.29, 0.717) is 5.56 Å². The second kappa shape index (κ2) is 7.53. The summed E-state index contributed by atoms with van der Waals surface area (Å²) in [6.07, 6.45) is -6.35. The summed E-state index contributed by atoms with van der Waals surface area (Å²) in [4.78, 5) is 11.3. The molecule has 2 rings (SSSR count). The van der Waals surface area contributed by atoms with Crippen LogP contribution in [0.25, 0.3) is 6.08 Å². The van der Waals surface area contributed by atoms with Gasteiger partial charge in [0, 0.05) is 0 Å². The molecule has 1 saturated heterocycles. The van der Waals surface area contributed by atoms with Crippen molar-refractivity contribution in [2.24, 2.45) is 0 Å². The van der Waals surface area contributed by atoms with E-state index in [9.17, 15) is 25.2 Å². The second-order valence-corrected chi connectivity index (χ2v) is 5.04. The average molecular weight is 326 g/mol. The molecule has 1 aromatic carbocycles. The number of ether oxygens (including phenoxy) is 2. The van der Waals surface area contributed by atoms with Gasteiger partial charge in [-0.25, -0.2) is 4.79 Å². The summed E-state index contributed by atoms with van der Waals surface area (Å²) in [5.74, 6) is -1.91. The summed E-state index contributed by atoms with van der Waals surface area (Å²) in [7, 11) is 0. The Morgan fingerprint density at radius 2 is 1.78 bits per heavy atom. The van der Waals surface area contributed by atoms with Gasteiger partial charge in [-0.3, -0.25) is 0 Å². The van der Waals surface area contributed by atoms with E-state index in [1.165, 1.54) is 6.08 Å². The molecule has 8 nitrogen and oxygen atoms in total. The monoisotopic (exact) mass is 326 g/mol. The molecule has 1 heterocycles. The van der Waals surface area contributed by atoms with Crippen LogP contribution in [0.4, 0.5) is 0 Å². The van der Waals surface area contributed by atoms with Gasteiger partial charge in [0.05, 0.1) is 6.61 Å². The molecule has 23 heavy (non-hydrogen) atoms. The van der Waals surface area contributed by atoms with E-state index in [0.717, 1.165) is 0 Å². The molecule has 0 spiro atoms. The number of hydrogen-bond acceptors (Lipinski definition) is 7. The first-order valence-electron chi connectivity index (χ1n) is 6.91. The van der Waals surface area contributed by atoms with Crippen LogP contribution >= 0.6 is 0 Å². The zero-order valence-corrected chi connectivity index (χ0v) is 12.0. The molecule has 1 aromatic rings. The molecule has 0 radical (unpaired) electrons. The Bertz CT molecular complexity index is 556. The van der Waals surface area contributed by atoms with Crippen molar-refractivity contribution >= 4 is 12.0 Å². The quantitative estimate of drug-likeness (QED) is 0.341. The lowest BCUT2D eigenvalue weighted by Crippen LogP contribution is -2.59. The van der Waals surface area contributed by atoms with Crippen LogP contribution in [0.5, 0.6) is 0 Å². The van der Waals surface area contributed by atoms with E-state index < -0.39 is 49.0 Å². The Morgan fingerprint density at radius 1 is 1.13 bits per heavy atom. The summed E-state index contributed by atoms with van der Waals surface area (Å²) >= 11 is 0. The summed E-state index contributed by atoms with van der Waals surface area (Å²) in [6, 6.07) is 8.48. The van der Waals surface area contributed by atoms with Crippen LogP contribution in [0.3, 0.4) is 0 Å². The molecule has 126 valence electrons. The molecule has 1 aliphatic heterocycles. The van der Waals surface area contributed by atoms with Gasteiger partial charge in [-0.05, 0) is 11.6 Å².